The van der Waals surface area contributed by atoms with Crippen LogP contribution >= 0.6 is 0 Å². The van der Waals surface area contributed by atoms with E-state index in [1.807, 2.05) is 13.8 Å². The third-order valence-corrected chi connectivity index (χ3v) is 2.83. The van der Waals surface area contributed by atoms with Gasteiger partial charge in [0.05, 0.1) is 12.1 Å². The minimum Gasteiger partial charge on any atom is -0.507 e. The van der Waals surface area contributed by atoms with Gasteiger partial charge in [0.15, 0.2) is 0 Å². The van der Waals surface area contributed by atoms with Crippen LogP contribution in [0.3, 0.4) is 0 Å². The first-order chi connectivity index (χ1) is 10.4. The number of carbonyl (C=O) groups is 2. The molecule has 0 unspecified atom stereocenters. The van der Waals surface area contributed by atoms with Crippen molar-refractivity contribution < 1.29 is 14.7 Å². The highest BCUT2D eigenvalue weighted by Gasteiger charge is 2.20. The Hall–Kier alpha value is -2.74. The number of phenolic OH excluding ortho intramolecular Hbond substituents is 1. The highest BCUT2D eigenvalue weighted by Crippen LogP contribution is 2.23. The second-order valence-corrected chi connectivity index (χ2v) is 5.21. The zero-order valence-corrected chi connectivity index (χ0v) is 12.8. The number of hydrogen-bond acceptors (Lipinski definition) is 3. The molecule has 0 radical (unpaired) electrons. The van der Waals surface area contributed by atoms with Crippen LogP contribution in [0.2, 0.25) is 0 Å². The van der Waals surface area contributed by atoms with Crippen molar-refractivity contribution in [1.29, 1.82) is 0 Å². The molecular formula is C17H20N2O3. The summed E-state index contributed by atoms with van der Waals surface area (Å²) in [5.41, 5.74) is 0.494. The average Bonchev–Trinajstić information content (AvgIpc) is 2.47. The summed E-state index contributed by atoms with van der Waals surface area (Å²) in [6.45, 7) is 7.93. The van der Waals surface area contributed by atoms with Crippen molar-refractivity contribution >= 4 is 17.5 Å². The summed E-state index contributed by atoms with van der Waals surface area (Å²) < 4.78 is 0. The van der Waals surface area contributed by atoms with Crippen LogP contribution in [0.15, 0.2) is 30.9 Å². The summed E-state index contributed by atoms with van der Waals surface area (Å²) in [5, 5.41) is 12.5. The topological polar surface area (TPSA) is 69.6 Å². The van der Waals surface area contributed by atoms with Crippen LogP contribution < -0.4 is 5.32 Å². The van der Waals surface area contributed by atoms with Crippen LogP contribution in [0.5, 0.6) is 5.75 Å². The molecule has 0 aromatic heterocycles. The predicted molar refractivity (Wildman–Crippen MR) is 86.5 cm³/mol. The molecule has 2 amide bonds. The fraction of sp³-hybridized carbons (Fsp3) is 0.294. The van der Waals surface area contributed by atoms with E-state index in [1.165, 1.54) is 23.1 Å². The molecule has 22 heavy (non-hydrogen) atoms. The summed E-state index contributed by atoms with van der Waals surface area (Å²) in [7, 11) is 0. The van der Waals surface area contributed by atoms with Gasteiger partial charge in [-0.2, -0.15) is 0 Å². The van der Waals surface area contributed by atoms with Gasteiger partial charge in [0.1, 0.15) is 5.75 Å². The fourth-order valence-electron chi connectivity index (χ4n) is 1.92. The first kappa shape index (κ1) is 17.3. The number of carbonyl (C=O) groups excluding carboxylic acids is 2. The monoisotopic (exact) mass is 300 g/mol. The molecule has 116 valence electrons. The van der Waals surface area contributed by atoms with Gasteiger partial charge in [-0.1, -0.05) is 26.3 Å². The molecule has 1 aromatic carbocycles. The number of rotatable bonds is 6. The van der Waals surface area contributed by atoms with Gasteiger partial charge >= 0.3 is 0 Å². The summed E-state index contributed by atoms with van der Waals surface area (Å²) in [5.74, 6) is 1.75. The molecule has 0 saturated heterocycles. The number of phenols is 1. The summed E-state index contributed by atoms with van der Waals surface area (Å²) in [4.78, 5) is 25.3. The van der Waals surface area contributed by atoms with Gasteiger partial charge in [-0.05, 0) is 30.2 Å². The third kappa shape index (κ3) is 4.67. The van der Waals surface area contributed by atoms with Crippen LogP contribution in [0.1, 0.15) is 24.2 Å². The van der Waals surface area contributed by atoms with Crippen molar-refractivity contribution in [2.24, 2.45) is 5.92 Å². The minimum atomic E-state index is -0.397. The summed E-state index contributed by atoms with van der Waals surface area (Å²) >= 11 is 0. The number of terminal acetylenes is 1. The van der Waals surface area contributed by atoms with E-state index in [4.69, 9.17) is 6.42 Å². The van der Waals surface area contributed by atoms with Crippen molar-refractivity contribution in [3.63, 3.8) is 0 Å². The first-order valence-electron chi connectivity index (χ1n) is 6.88. The molecule has 0 bridgehead atoms. The van der Waals surface area contributed by atoms with E-state index in [0.29, 0.717) is 12.2 Å². The number of aromatic hydroxyl groups is 1. The molecule has 0 atom stereocenters. The Bertz CT molecular complexity index is 615. The molecule has 0 heterocycles. The van der Waals surface area contributed by atoms with Gasteiger partial charge < -0.3 is 15.3 Å². The zero-order chi connectivity index (χ0) is 16.7. The molecule has 1 rings (SSSR count). The largest absolute Gasteiger partial charge is 0.507 e. The molecule has 5 heteroatoms. The second-order valence-electron chi connectivity index (χ2n) is 5.21. The van der Waals surface area contributed by atoms with Crippen molar-refractivity contribution in [2.75, 3.05) is 18.4 Å². The lowest BCUT2D eigenvalue weighted by molar-refractivity contribution is -0.111. The molecule has 0 spiro atoms. The molecule has 0 aliphatic carbocycles. The average molecular weight is 300 g/mol. The second kappa shape index (κ2) is 7.89. The number of nitrogens with zero attached hydrogens (tertiary/aromatic N) is 1. The Morgan fingerprint density at radius 3 is 2.73 bits per heavy atom. The van der Waals surface area contributed by atoms with Crippen LogP contribution in [0.25, 0.3) is 0 Å². The Kier molecular flexibility index (Phi) is 6.21. The van der Waals surface area contributed by atoms with Gasteiger partial charge in [-0.3, -0.25) is 9.59 Å². The van der Waals surface area contributed by atoms with Crippen LogP contribution in [0, 0.1) is 18.3 Å². The van der Waals surface area contributed by atoms with Gasteiger partial charge in [0.25, 0.3) is 5.91 Å². The fourth-order valence-corrected chi connectivity index (χ4v) is 1.92. The Morgan fingerprint density at radius 2 is 2.18 bits per heavy atom. The number of benzene rings is 1. The Morgan fingerprint density at radius 1 is 1.50 bits per heavy atom. The molecule has 0 fully saturated rings. The summed E-state index contributed by atoms with van der Waals surface area (Å²) in [6, 6.07) is 4.28. The molecule has 0 saturated carbocycles. The predicted octanol–water partition coefficient (Wildman–Crippen LogP) is 2.25. The lowest BCUT2D eigenvalue weighted by Gasteiger charge is -2.23. The number of nitrogens with one attached hydrogen (secondary N) is 1. The maximum Gasteiger partial charge on any atom is 0.258 e. The number of hydrogen-bond donors (Lipinski definition) is 2. The normalized spacial score (nSPS) is 9.91. The van der Waals surface area contributed by atoms with Gasteiger partial charge in [0.2, 0.25) is 5.91 Å². The van der Waals surface area contributed by atoms with Gasteiger partial charge in [-0.15, -0.1) is 6.42 Å². The van der Waals surface area contributed by atoms with E-state index in [1.54, 1.807) is 0 Å². The van der Waals surface area contributed by atoms with Crippen molar-refractivity contribution in [3.05, 3.63) is 36.4 Å². The van der Waals surface area contributed by atoms with E-state index < -0.39 is 5.91 Å². The van der Waals surface area contributed by atoms with Crippen LogP contribution in [-0.4, -0.2) is 34.9 Å². The standard InChI is InChI=1S/C17H20N2O3/c1-5-9-19(11-12(3)4)17(22)14-10-13(7-8-15(14)20)18-16(21)6-2/h1,6-8,10,12,20H,2,9,11H2,3-4H3,(H,18,21). The van der Waals surface area contributed by atoms with E-state index in [0.717, 1.165) is 6.08 Å². The number of amides is 2. The highest BCUT2D eigenvalue weighted by molar-refractivity contribution is 6.02. The molecular weight excluding hydrogens is 280 g/mol. The van der Waals surface area contributed by atoms with Gasteiger partial charge in [0, 0.05) is 12.2 Å². The van der Waals surface area contributed by atoms with Crippen LogP contribution in [0.4, 0.5) is 5.69 Å². The third-order valence-electron chi connectivity index (χ3n) is 2.83. The minimum absolute atomic E-state index is 0.0952. The van der Waals surface area contributed by atoms with Gasteiger partial charge in [-0.25, -0.2) is 0 Å². The Balaban J connectivity index is 3.09. The summed E-state index contributed by atoms with van der Waals surface area (Å²) in [6.07, 6.45) is 6.42. The quantitative estimate of drug-likeness (QED) is 0.481. The molecule has 0 aliphatic rings. The van der Waals surface area contributed by atoms with E-state index in [9.17, 15) is 14.7 Å². The maximum atomic E-state index is 12.5. The lowest BCUT2D eigenvalue weighted by atomic mass is 10.1. The molecule has 5 nitrogen and oxygen atoms in total. The maximum absolute atomic E-state index is 12.5. The van der Waals surface area contributed by atoms with E-state index in [2.05, 4.69) is 17.8 Å². The zero-order valence-electron chi connectivity index (χ0n) is 12.8. The van der Waals surface area contributed by atoms with Crippen molar-refractivity contribution in [3.8, 4) is 18.1 Å². The van der Waals surface area contributed by atoms with Crippen LogP contribution in [-0.2, 0) is 4.79 Å². The Labute approximate surface area is 130 Å². The first-order valence-corrected chi connectivity index (χ1v) is 6.88. The van der Waals surface area contributed by atoms with Crippen molar-refractivity contribution in [1.82, 2.24) is 4.90 Å². The number of anilines is 1. The highest BCUT2D eigenvalue weighted by atomic mass is 16.3. The van der Waals surface area contributed by atoms with E-state index in [-0.39, 0.29) is 29.7 Å². The van der Waals surface area contributed by atoms with E-state index >= 15 is 0 Å². The molecule has 1 aromatic rings. The molecule has 2 N–H and O–H groups in total. The SMILES string of the molecule is C#CCN(CC(C)C)C(=O)c1cc(NC(=O)C=C)ccc1O. The lowest BCUT2D eigenvalue weighted by Crippen LogP contribution is -2.34. The molecule has 0 aliphatic heterocycles. The smallest absolute Gasteiger partial charge is 0.258 e. The van der Waals surface area contributed by atoms with Crippen molar-refractivity contribution in [2.45, 2.75) is 13.8 Å².